The maximum absolute atomic E-state index is 12.5. The zero-order chi connectivity index (χ0) is 17.1. The molecule has 1 aromatic heterocycles. The highest BCUT2D eigenvalue weighted by molar-refractivity contribution is 5.35. The molecule has 1 saturated heterocycles. The predicted octanol–water partition coefficient (Wildman–Crippen LogP) is 2.55. The molecule has 1 aromatic carbocycles. The number of rotatable bonds is 4. The zero-order valence-electron chi connectivity index (χ0n) is 14.3. The van der Waals surface area contributed by atoms with Crippen molar-refractivity contribution in [3.8, 4) is 5.69 Å². The van der Waals surface area contributed by atoms with Crippen LogP contribution in [0.3, 0.4) is 0 Å². The average molecular weight is 328 g/mol. The van der Waals surface area contributed by atoms with E-state index in [1.54, 1.807) is 12.4 Å². The molecule has 0 unspecified atom stereocenters. The van der Waals surface area contributed by atoms with Crippen LogP contribution in [0.15, 0.2) is 46.2 Å². The van der Waals surface area contributed by atoms with Gasteiger partial charge in [-0.15, -0.1) is 0 Å². The van der Waals surface area contributed by atoms with Crippen LogP contribution in [0.25, 0.3) is 5.69 Å². The van der Waals surface area contributed by atoms with E-state index in [1.165, 1.54) is 14.7 Å². The normalized spacial score (nSPS) is 15.8. The van der Waals surface area contributed by atoms with Gasteiger partial charge in [-0.1, -0.05) is 26.0 Å². The summed E-state index contributed by atoms with van der Waals surface area (Å²) < 4.78 is 8.30. The fourth-order valence-electron chi connectivity index (χ4n) is 3.08. The van der Waals surface area contributed by atoms with E-state index in [0.717, 1.165) is 31.7 Å². The molecule has 0 spiro atoms. The van der Waals surface area contributed by atoms with E-state index in [9.17, 15) is 9.59 Å². The van der Waals surface area contributed by atoms with E-state index >= 15 is 0 Å². The Balaban J connectivity index is 1.86. The number of aromatic nitrogens is 2. The van der Waals surface area contributed by atoms with Gasteiger partial charge >= 0.3 is 11.1 Å². The Morgan fingerprint density at radius 3 is 2.33 bits per heavy atom. The van der Waals surface area contributed by atoms with Crippen LogP contribution in [-0.2, 0) is 11.3 Å². The largest absolute Gasteiger partial charge is 0.381 e. The fourth-order valence-corrected chi connectivity index (χ4v) is 3.08. The van der Waals surface area contributed by atoms with Gasteiger partial charge in [0, 0.05) is 37.8 Å². The summed E-state index contributed by atoms with van der Waals surface area (Å²) in [6, 6.07) is 7.78. The lowest BCUT2D eigenvalue weighted by atomic mass is 10.0. The second-order valence-electron chi connectivity index (χ2n) is 6.73. The molecule has 0 aliphatic carbocycles. The second-order valence-corrected chi connectivity index (χ2v) is 6.73. The van der Waals surface area contributed by atoms with Gasteiger partial charge in [0.05, 0.1) is 0 Å². The first-order chi connectivity index (χ1) is 11.6. The molecule has 128 valence electrons. The second kappa shape index (κ2) is 7.18. The van der Waals surface area contributed by atoms with Gasteiger partial charge in [0.15, 0.2) is 0 Å². The van der Waals surface area contributed by atoms with Gasteiger partial charge in [-0.25, -0.2) is 0 Å². The number of hydrogen-bond acceptors (Lipinski definition) is 3. The highest BCUT2D eigenvalue weighted by Gasteiger charge is 2.16. The van der Waals surface area contributed by atoms with Gasteiger partial charge in [0.2, 0.25) is 0 Å². The Labute approximate surface area is 141 Å². The Morgan fingerprint density at radius 2 is 1.71 bits per heavy atom. The Bertz CT molecular complexity index is 797. The van der Waals surface area contributed by atoms with Crippen LogP contribution in [0.5, 0.6) is 0 Å². The molecule has 3 rings (SSSR count). The predicted molar refractivity (Wildman–Crippen MR) is 93.9 cm³/mol. The summed E-state index contributed by atoms with van der Waals surface area (Å²) in [5.74, 6) is 0.834. The van der Waals surface area contributed by atoms with Crippen LogP contribution in [0.4, 0.5) is 0 Å². The molecule has 2 heterocycles. The molecule has 1 fully saturated rings. The van der Waals surface area contributed by atoms with Crippen molar-refractivity contribution in [2.75, 3.05) is 13.2 Å². The van der Waals surface area contributed by atoms with Crippen molar-refractivity contribution in [3.05, 3.63) is 62.9 Å². The lowest BCUT2D eigenvalue weighted by Gasteiger charge is -2.22. The maximum Gasteiger partial charge on any atom is 0.320 e. The first kappa shape index (κ1) is 16.7. The highest BCUT2D eigenvalue weighted by atomic mass is 16.5. The van der Waals surface area contributed by atoms with Crippen molar-refractivity contribution in [1.82, 2.24) is 9.13 Å². The number of ether oxygens (including phenoxy) is 1. The van der Waals surface area contributed by atoms with Crippen LogP contribution < -0.4 is 11.1 Å². The van der Waals surface area contributed by atoms with Gasteiger partial charge in [-0.3, -0.25) is 14.2 Å². The lowest BCUT2D eigenvalue weighted by Crippen LogP contribution is -2.41. The molecule has 2 aromatic rings. The van der Waals surface area contributed by atoms with Crippen molar-refractivity contribution in [2.45, 2.75) is 39.2 Å². The van der Waals surface area contributed by atoms with Crippen LogP contribution in [0.2, 0.25) is 0 Å². The van der Waals surface area contributed by atoms with E-state index in [4.69, 9.17) is 4.74 Å². The van der Waals surface area contributed by atoms with Gasteiger partial charge in [0.25, 0.3) is 0 Å². The fraction of sp³-hybridized carbons (Fsp3) is 0.474. The molecule has 0 radical (unpaired) electrons. The van der Waals surface area contributed by atoms with E-state index in [2.05, 4.69) is 13.8 Å². The summed E-state index contributed by atoms with van der Waals surface area (Å²) in [7, 11) is 0. The summed E-state index contributed by atoms with van der Waals surface area (Å²) in [5.41, 5.74) is 0.971. The molecule has 5 heteroatoms. The third-order valence-corrected chi connectivity index (χ3v) is 4.69. The van der Waals surface area contributed by atoms with Gasteiger partial charge in [0.1, 0.15) is 0 Å². The van der Waals surface area contributed by atoms with E-state index in [-0.39, 0.29) is 0 Å². The third kappa shape index (κ3) is 3.51. The van der Waals surface area contributed by atoms with Crippen molar-refractivity contribution >= 4 is 0 Å². The quantitative estimate of drug-likeness (QED) is 0.811. The lowest BCUT2D eigenvalue weighted by molar-refractivity contribution is 0.0609. The van der Waals surface area contributed by atoms with E-state index in [0.29, 0.717) is 18.4 Å². The number of hydrogen-bond donors (Lipinski definition) is 0. The summed E-state index contributed by atoms with van der Waals surface area (Å²) in [6.07, 6.45) is 5.28. The van der Waals surface area contributed by atoms with Crippen LogP contribution >= 0.6 is 0 Å². The molecular formula is C19H24N2O3. The molecule has 1 aliphatic heterocycles. The zero-order valence-corrected chi connectivity index (χ0v) is 14.3. The third-order valence-electron chi connectivity index (χ3n) is 4.69. The van der Waals surface area contributed by atoms with E-state index < -0.39 is 11.1 Å². The van der Waals surface area contributed by atoms with Crippen LogP contribution in [-0.4, -0.2) is 22.3 Å². The monoisotopic (exact) mass is 328 g/mol. The molecular weight excluding hydrogens is 304 g/mol. The van der Waals surface area contributed by atoms with Gasteiger partial charge < -0.3 is 9.30 Å². The minimum atomic E-state index is -0.498. The molecule has 1 aliphatic rings. The van der Waals surface area contributed by atoms with Crippen molar-refractivity contribution < 1.29 is 4.74 Å². The van der Waals surface area contributed by atoms with Gasteiger partial charge in [-0.2, -0.15) is 0 Å². The summed E-state index contributed by atoms with van der Waals surface area (Å²) in [5, 5.41) is 0. The summed E-state index contributed by atoms with van der Waals surface area (Å²) in [4.78, 5) is 24.9. The minimum Gasteiger partial charge on any atom is -0.381 e. The highest BCUT2D eigenvalue weighted by Crippen LogP contribution is 2.17. The topological polar surface area (TPSA) is 53.2 Å². The molecule has 0 N–H and O–H groups in total. The average Bonchev–Trinajstić information content (AvgIpc) is 2.60. The molecule has 0 bridgehead atoms. The van der Waals surface area contributed by atoms with Crippen molar-refractivity contribution in [2.24, 2.45) is 5.92 Å². The first-order valence-electron chi connectivity index (χ1n) is 8.56. The van der Waals surface area contributed by atoms with Gasteiger partial charge in [-0.05, 0) is 42.4 Å². The summed E-state index contributed by atoms with van der Waals surface area (Å²) in [6.45, 7) is 6.30. The van der Waals surface area contributed by atoms with E-state index in [1.807, 2.05) is 24.3 Å². The summed E-state index contributed by atoms with van der Waals surface area (Å²) >= 11 is 0. The first-order valence-corrected chi connectivity index (χ1v) is 8.56. The minimum absolute atomic E-state index is 0.400. The standard InChI is InChI=1S/C19H24N2O3/c1-14(2)16-3-5-17(6-4-16)21-10-9-20(18(22)19(21)23)13-15-7-11-24-12-8-15/h3-6,9-10,14-15H,7-8,11-13H2,1-2H3. The van der Waals surface area contributed by atoms with Crippen molar-refractivity contribution in [3.63, 3.8) is 0 Å². The molecule has 0 saturated carbocycles. The molecule has 0 atom stereocenters. The van der Waals surface area contributed by atoms with Crippen molar-refractivity contribution in [1.29, 1.82) is 0 Å². The van der Waals surface area contributed by atoms with Crippen LogP contribution in [0.1, 0.15) is 38.2 Å². The SMILES string of the molecule is CC(C)c1ccc(-n2ccn(CC3CCOCC3)c(=O)c2=O)cc1. The molecule has 24 heavy (non-hydrogen) atoms. The molecule has 5 nitrogen and oxygen atoms in total. The Kier molecular flexibility index (Phi) is 5.00. The Hall–Kier alpha value is -2.14. The molecule has 0 amide bonds. The maximum atomic E-state index is 12.5. The Morgan fingerprint density at radius 1 is 1.04 bits per heavy atom. The number of benzene rings is 1. The number of nitrogens with zero attached hydrogens (tertiary/aromatic N) is 2. The van der Waals surface area contributed by atoms with Crippen LogP contribution in [0, 0.1) is 5.92 Å². The smallest absolute Gasteiger partial charge is 0.320 e.